The molecular formula is C16H27N3O2. The zero-order chi connectivity index (χ0) is 15.8. The van der Waals surface area contributed by atoms with Gasteiger partial charge in [-0.3, -0.25) is 0 Å². The highest BCUT2D eigenvalue weighted by Crippen LogP contribution is 2.20. The van der Waals surface area contributed by atoms with Crippen LogP contribution in [0.4, 0.5) is 11.4 Å². The first-order valence-corrected chi connectivity index (χ1v) is 7.37. The average molecular weight is 293 g/mol. The molecule has 0 fully saturated rings. The van der Waals surface area contributed by atoms with Crippen LogP contribution in [-0.4, -0.2) is 44.2 Å². The molecule has 118 valence electrons. The van der Waals surface area contributed by atoms with Crippen molar-refractivity contribution in [3.8, 4) is 0 Å². The van der Waals surface area contributed by atoms with Crippen LogP contribution in [0.25, 0.3) is 0 Å². The monoisotopic (exact) mass is 293 g/mol. The number of hydrogen-bond donors (Lipinski definition) is 2. The van der Waals surface area contributed by atoms with E-state index in [1.807, 2.05) is 6.07 Å². The lowest BCUT2D eigenvalue weighted by Gasteiger charge is -2.20. The molecule has 0 atom stereocenters. The van der Waals surface area contributed by atoms with Crippen LogP contribution < -0.4 is 11.1 Å². The number of carbonyl (C=O) groups is 1. The first-order chi connectivity index (χ1) is 9.95. The highest BCUT2D eigenvalue weighted by atomic mass is 16.5. The zero-order valence-electron chi connectivity index (χ0n) is 13.5. The van der Waals surface area contributed by atoms with Gasteiger partial charge in [-0.15, -0.1) is 0 Å². The number of nitrogens with one attached hydrogen (secondary N) is 1. The fourth-order valence-electron chi connectivity index (χ4n) is 1.96. The fourth-order valence-corrected chi connectivity index (χ4v) is 1.96. The van der Waals surface area contributed by atoms with E-state index in [-0.39, 0.29) is 5.97 Å². The number of nitrogens with zero attached hydrogens (tertiary/aromatic N) is 1. The van der Waals surface area contributed by atoms with Gasteiger partial charge in [-0.2, -0.15) is 0 Å². The molecule has 1 rings (SSSR count). The zero-order valence-corrected chi connectivity index (χ0v) is 13.5. The van der Waals surface area contributed by atoms with Gasteiger partial charge in [-0.1, -0.05) is 0 Å². The molecule has 0 spiro atoms. The van der Waals surface area contributed by atoms with E-state index >= 15 is 0 Å². The van der Waals surface area contributed by atoms with Gasteiger partial charge in [-0.05, 0) is 58.5 Å². The smallest absolute Gasteiger partial charge is 0.340 e. The number of esters is 1. The van der Waals surface area contributed by atoms with Gasteiger partial charge in [0.25, 0.3) is 0 Å². The predicted octanol–water partition coefficient (Wildman–Crippen LogP) is 2.59. The number of rotatable bonds is 8. The maximum absolute atomic E-state index is 11.7. The van der Waals surface area contributed by atoms with Gasteiger partial charge in [-0.25, -0.2) is 4.79 Å². The van der Waals surface area contributed by atoms with E-state index < -0.39 is 0 Å². The number of unbranched alkanes of at least 4 members (excludes halogenated alkanes) is 1. The summed E-state index contributed by atoms with van der Waals surface area (Å²) in [5.41, 5.74) is 7.53. The van der Waals surface area contributed by atoms with Crippen LogP contribution in [0.15, 0.2) is 18.2 Å². The Morgan fingerprint density at radius 2 is 2.10 bits per heavy atom. The molecule has 0 amide bonds. The molecule has 0 aliphatic carbocycles. The number of carbonyl (C=O) groups excluding carboxylic acids is 1. The maximum atomic E-state index is 11.7. The van der Waals surface area contributed by atoms with E-state index in [9.17, 15) is 4.79 Å². The molecule has 0 bridgehead atoms. The molecule has 5 heteroatoms. The van der Waals surface area contributed by atoms with E-state index in [4.69, 9.17) is 10.5 Å². The summed E-state index contributed by atoms with van der Waals surface area (Å²) in [5.74, 6) is -0.371. The van der Waals surface area contributed by atoms with Crippen molar-refractivity contribution in [1.29, 1.82) is 0 Å². The van der Waals surface area contributed by atoms with E-state index in [2.05, 4.69) is 31.1 Å². The van der Waals surface area contributed by atoms with Crippen molar-refractivity contribution in [1.82, 2.24) is 4.90 Å². The van der Waals surface area contributed by atoms with E-state index in [0.29, 0.717) is 17.3 Å². The Labute approximate surface area is 127 Å². The molecule has 0 aliphatic rings. The number of ether oxygens (including phenoxy) is 1. The topological polar surface area (TPSA) is 67.6 Å². The minimum Gasteiger partial charge on any atom is -0.465 e. The van der Waals surface area contributed by atoms with Gasteiger partial charge in [0.15, 0.2) is 0 Å². The van der Waals surface area contributed by atoms with Crippen LogP contribution >= 0.6 is 0 Å². The first kappa shape index (κ1) is 17.3. The fraction of sp³-hybridized carbons (Fsp3) is 0.562. The summed E-state index contributed by atoms with van der Waals surface area (Å²) in [6.45, 7) is 6.27. The maximum Gasteiger partial charge on any atom is 0.340 e. The van der Waals surface area contributed by atoms with Gasteiger partial charge in [0, 0.05) is 24.0 Å². The molecule has 0 saturated heterocycles. The largest absolute Gasteiger partial charge is 0.465 e. The minimum absolute atomic E-state index is 0.371. The van der Waals surface area contributed by atoms with Gasteiger partial charge in [0.1, 0.15) is 0 Å². The highest BCUT2D eigenvalue weighted by molar-refractivity contribution is 5.96. The summed E-state index contributed by atoms with van der Waals surface area (Å²) in [7, 11) is 3.50. The van der Waals surface area contributed by atoms with Gasteiger partial charge >= 0.3 is 5.97 Å². The summed E-state index contributed by atoms with van der Waals surface area (Å²) in [6.07, 6.45) is 2.16. The molecule has 0 aromatic heterocycles. The summed E-state index contributed by atoms with van der Waals surface area (Å²) < 4.78 is 4.78. The molecule has 5 nitrogen and oxygen atoms in total. The molecule has 0 aliphatic heterocycles. The van der Waals surface area contributed by atoms with Gasteiger partial charge in [0.2, 0.25) is 0 Å². The summed E-state index contributed by atoms with van der Waals surface area (Å²) in [5, 5.41) is 3.28. The standard InChI is InChI=1S/C16H27N3O2/c1-12(2)19(3)10-6-5-9-18-15-8-7-13(17)11-14(15)16(20)21-4/h7-8,11-12,18H,5-6,9-10,17H2,1-4H3. The van der Waals surface area contributed by atoms with Crippen molar-refractivity contribution in [3.63, 3.8) is 0 Å². The second-order valence-corrected chi connectivity index (χ2v) is 5.50. The lowest BCUT2D eigenvalue weighted by molar-refractivity contribution is 0.0602. The molecule has 3 N–H and O–H groups in total. The second-order valence-electron chi connectivity index (χ2n) is 5.50. The lowest BCUT2D eigenvalue weighted by Crippen LogP contribution is -2.27. The Hall–Kier alpha value is -1.75. The normalized spacial score (nSPS) is 11.0. The van der Waals surface area contributed by atoms with Crippen LogP contribution in [0.5, 0.6) is 0 Å². The summed E-state index contributed by atoms with van der Waals surface area (Å²) in [6, 6.07) is 5.81. The van der Waals surface area contributed by atoms with Gasteiger partial charge < -0.3 is 20.7 Å². The van der Waals surface area contributed by atoms with Crippen LogP contribution in [0, 0.1) is 0 Å². The molecule has 0 saturated carbocycles. The predicted molar refractivity (Wildman–Crippen MR) is 87.7 cm³/mol. The first-order valence-electron chi connectivity index (χ1n) is 7.37. The van der Waals surface area contributed by atoms with Crippen LogP contribution in [0.3, 0.4) is 0 Å². The van der Waals surface area contributed by atoms with Crippen molar-refractivity contribution >= 4 is 17.3 Å². The molecule has 0 heterocycles. The Morgan fingerprint density at radius 3 is 2.71 bits per heavy atom. The number of nitrogens with two attached hydrogens (primary N) is 1. The highest BCUT2D eigenvalue weighted by Gasteiger charge is 2.11. The molecule has 21 heavy (non-hydrogen) atoms. The number of benzene rings is 1. The Morgan fingerprint density at radius 1 is 1.38 bits per heavy atom. The van der Waals surface area contributed by atoms with Crippen molar-refractivity contribution in [3.05, 3.63) is 23.8 Å². The second kappa shape index (κ2) is 8.52. The number of methoxy groups -OCH3 is 1. The van der Waals surface area contributed by atoms with Crippen LogP contribution in [0.2, 0.25) is 0 Å². The third kappa shape index (κ3) is 5.63. The molecular weight excluding hydrogens is 266 g/mol. The Bertz CT molecular complexity index is 461. The van der Waals surface area contributed by atoms with Crippen molar-refractivity contribution < 1.29 is 9.53 Å². The SMILES string of the molecule is COC(=O)c1cc(N)ccc1NCCCCN(C)C(C)C. The average Bonchev–Trinajstić information content (AvgIpc) is 2.46. The van der Waals surface area contributed by atoms with Crippen LogP contribution in [0.1, 0.15) is 37.0 Å². The summed E-state index contributed by atoms with van der Waals surface area (Å²) >= 11 is 0. The molecule has 1 aromatic carbocycles. The van der Waals surface area contributed by atoms with E-state index in [0.717, 1.165) is 31.6 Å². The Balaban J connectivity index is 2.47. The molecule has 0 unspecified atom stereocenters. The van der Waals surface area contributed by atoms with Crippen LogP contribution in [-0.2, 0) is 4.74 Å². The number of nitrogen functional groups attached to an aromatic ring is 1. The molecule has 1 aromatic rings. The van der Waals surface area contributed by atoms with Gasteiger partial charge in [0.05, 0.1) is 12.7 Å². The third-order valence-corrected chi connectivity index (χ3v) is 3.58. The van der Waals surface area contributed by atoms with Crippen molar-refractivity contribution in [2.24, 2.45) is 0 Å². The van der Waals surface area contributed by atoms with E-state index in [1.165, 1.54) is 7.11 Å². The number of anilines is 2. The van der Waals surface area contributed by atoms with Crippen molar-refractivity contribution in [2.45, 2.75) is 32.7 Å². The Kier molecular flexibility index (Phi) is 7.02. The molecule has 0 radical (unpaired) electrons. The quantitative estimate of drug-likeness (QED) is 0.438. The minimum atomic E-state index is -0.371. The number of hydrogen-bond acceptors (Lipinski definition) is 5. The van der Waals surface area contributed by atoms with E-state index in [1.54, 1.807) is 12.1 Å². The third-order valence-electron chi connectivity index (χ3n) is 3.58. The lowest BCUT2D eigenvalue weighted by atomic mass is 10.1. The summed E-state index contributed by atoms with van der Waals surface area (Å²) in [4.78, 5) is 14.0. The van der Waals surface area contributed by atoms with Crippen molar-refractivity contribution in [2.75, 3.05) is 38.3 Å².